The second kappa shape index (κ2) is 9.79. The molecule has 0 saturated carbocycles. The van der Waals surface area contributed by atoms with Crippen LogP contribution in [0, 0.1) is 13.8 Å². The van der Waals surface area contributed by atoms with Gasteiger partial charge in [0.05, 0.1) is 17.5 Å². The lowest BCUT2D eigenvalue weighted by Crippen LogP contribution is -2.51. The van der Waals surface area contributed by atoms with Gasteiger partial charge in [-0.25, -0.2) is 8.42 Å². The first-order valence-electron chi connectivity index (χ1n) is 12.3. The van der Waals surface area contributed by atoms with Crippen molar-refractivity contribution in [2.75, 3.05) is 52.5 Å². The lowest BCUT2D eigenvalue weighted by molar-refractivity contribution is -0.133. The molecule has 0 N–H and O–H groups in total. The Balaban J connectivity index is 1.20. The van der Waals surface area contributed by atoms with Gasteiger partial charge < -0.3 is 14.4 Å². The zero-order valence-corrected chi connectivity index (χ0v) is 21.2. The van der Waals surface area contributed by atoms with Crippen LogP contribution in [0.3, 0.4) is 0 Å². The van der Waals surface area contributed by atoms with Crippen LogP contribution < -0.4 is 9.47 Å². The van der Waals surface area contributed by atoms with E-state index in [1.54, 1.807) is 10.4 Å². The minimum atomic E-state index is -3.54. The zero-order chi connectivity index (χ0) is 24.6. The van der Waals surface area contributed by atoms with Gasteiger partial charge in [-0.05, 0) is 56.0 Å². The van der Waals surface area contributed by atoms with Crippen molar-refractivity contribution < 1.29 is 22.7 Å². The molecule has 1 amide bonds. The van der Waals surface area contributed by atoms with Crippen molar-refractivity contribution >= 4 is 15.9 Å². The fourth-order valence-electron chi connectivity index (χ4n) is 5.32. The number of hydrogen-bond donors (Lipinski definition) is 0. The van der Waals surface area contributed by atoms with Crippen molar-refractivity contribution in [1.82, 2.24) is 14.1 Å². The summed E-state index contributed by atoms with van der Waals surface area (Å²) in [5.41, 5.74) is 2.88. The standard InChI is InChI=1S/C26H33N3O5S/c1-19-5-8-25(20(2)16-19)35(31,32)28-12-10-27(11-13-28)18-26(30)29-9-3-4-22(29)21-6-7-23-24(17-21)34-15-14-33-23/h5-8,16-17,22H,3-4,9-15,18H2,1-2H3/t22-/m0/s1. The smallest absolute Gasteiger partial charge is 0.243 e. The molecule has 2 aromatic rings. The van der Waals surface area contributed by atoms with Crippen LogP contribution in [0.1, 0.15) is 35.6 Å². The predicted molar refractivity (Wildman–Crippen MR) is 132 cm³/mol. The van der Waals surface area contributed by atoms with E-state index in [1.807, 2.05) is 49.1 Å². The number of hydrogen-bond acceptors (Lipinski definition) is 6. The molecule has 0 unspecified atom stereocenters. The van der Waals surface area contributed by atoms with E-state index in [-0.39, 0.29) is 11.9 Å². The molecule has 0 bridgehead atoms. The lowest BCUT2D eigenvalue weighted by atomic mass is 10.0. The van der Waals surface area contributed by atoms with E-state index < -0.39 is 10.0 Å². The van der Waals surface area contributed by atoms with E-state index in [9.17, 15) is 13.2 Å². The van der Waals surface area contributed by atoms with Crippen LogP contribution >= 0.6 is 0 Å². The molecule has 3 aliphatic heterocycles. The van der Waals surface area contributed by atoms with Crippen LogP contribution in [0.25, 0.3) is 0 Å². The average molecular weight is 500 g/mol. The van der Waals surface area contributed by atoms with E-state index in [0.717, 1.165) is 47.6 Å². The first kappa shape index (κ1) is 24.1. The molecular weight excluding hydrogens is 466 g/mol. The van der Waals surface area contributed by atoms with Gasteiger partial charge in [0, 0.05) is 32.7 Å². The Labute approximate surface area is 207 Å². The lowest BCUT2D eigenvalue weighted by Gasteiger charge is -2.35. The molecule has 1 atom stereocenters. The summed E-state index contributed by atoms with van der Waals surface area (Å²) >= 11 is 0. The summed E-state index contributed by atoms with van der Waals surface area (Å²) in [4.78, 5) is 17.7. The second-order valence-corrected chi connectivity index (χ2v) is 11.5. The van der Waals surface area contributed by atoms with E-state index >= 15 is 0 Å². The van der Waals surface area contributed by atoms with Crippen molar-refractivity contribution in [3.05, 3.63) is 53.1 Å². The number of ether oxygens (including phenoxy) is 2. The molecule has 9 heteroatoms. The number of benzene rings is 2. The van der Waals surface area contributed by atoms with E-state index in [1.165, 1.54) is 0 Å². The number of carbonyl (C=O) groups excluding carboxylic acids is 1. The molecule has 0 radical (unpaired) electrons. The average Bonchev–Trinajstić information content (AvgIpc) is 3.34. The number of rotatable bonds is 5. The molecule has 0 aromatic heterocycles. The Morgan fingerprint density at radius 3 is 2.43 bits per heavy atom. The molecule has 188 valence electrons. The number of sulfonamides is 1. The van der Waals surface area contributed by atoms with Crippen LogP contribution in [0.5, 0.6) is 11.5 Å². The Bertz CT molecular complexity index is 1210. The Kier molecular flexibility index (Phi) is 6.74. The number of amides is 1. The Hall–Kier alpha value is -2.62. The monoisotopic (exact) mass is 499 g/mol. The molecule has 0 aliphatic carbocycles. The summed E-state index contributed by atoms with van der Waals surface area (Å²) in [6, 6.07) is 11.4. The normalized spacial score (nSPS) is 21.3. The topological polar surface area (TPSA) is 79.4 Å². The highest BCUT2D eigenvalue weighted by Crippen LogP contribution is 2.38. The highest BCUT2D eigenvalue weighted by molar-refractivity contribution is 7.89. The van der Waals surface area contributed by atoms with Gasteiger partial charge in [0.15, 0.2) is 11.5 Å². The number of nitrogens with zero attached hydrogens (tertiary/aromatic N) is 3. The number of piperazine rings is 1. The van der Waals surface area contributed by atoms with Gasteiger partial charge in [-0.3, -0.25) is 9.69 Å². The van der Waals surface area contributed by atoms with Crippen molar-refractivity contribution in [2.45, 2.75) is 37.6 Å². The molecule has 3 aliphatic rings. The molecule has 0 spiro atoms. The highest BCUT2D eigenvalue weighted by Gasteiger charge is 2.34. The summed E-state index contributed by atoms with van der Waals surface area (Å²) in [6.07, 6.45) is 1.89. The summed E-state index contributed by atoms with van der Waals surface area (Å²) in [5.74, 6) is 1.59. The first-order valence-corrected chi connectivity index (χ1v) is 13.8. The van der Waals surface area contributed by atoms with Gasteiger partial charge in [-0.15, -0.1) is 0 Å². The molecule has 3 heterocycles. The minimum absolute atomic E-state index is 0.0319. The number of aryl methyl sites for hydroxylation is 2. The zero-order valence-electron chi connectivity index (χ0n) is 20.4. The molecular formula is C26H33N3O5S. The Morgan fingerprint density at radius 1 is 0.943 bits per heavy atom. The Morgan fingerprint density at radius 2 is 1.69 bits per heavy atom. The highest BCUT2D eigenvalue weighted by atomic mass is 32.2. The summed E-state index contributed by atoms with van der Waals surface area (Å²) in [5, 5.41) is 0. The summed E-state index contributed by atoms with van der Waals surface area (Å²) < 4.78 is 39.2. The van der Waals surface area contributed by atoms with Crippen LogP contribution in [0.4, 0.5) is 0 Å². The third kappa shape index (κ3) is 4.90. The van der Waals surface area contributed by atoms with E-state index in [2.05, 4.69) is 4.90 Å². The van der Waals surface area contributed by atoms with Gasteiger partial charge in [-0.1, -0.05) is 23.8 Å². The van der Waals surface area contributed by atoms with Crippen LogP contribution in [-0.2, 0) is 14.8 Å². The number of carbonyl (C=O) groups is 1. The molecule has 2 aromatic carbocycles. The van der Waals surface area contributed by atoms with Crippen molar-refractivity contribution in [1.29, 1.82) is 0 Å². The molecule has 35 heavy (non-hydrogen) atoms. The fourth-order valence-corrected chi connectivity index (χ4v) is 6.94. The molecule has 8 nitrogen and oxygen atoms in total. The van der Waals surface area contributed by atoms with Crippen molar-refractivity contribution in [3.63, 3.8) is 0 Å². The maximum Gasteiger partial charge on any atom is 0.243 e. The van der Waals surface area contributed by atoms with E-state index in [4.69, 9.17) is 9.47 Å². The number of likely N-dealkylation sites (tertiary alicyclic amines) is 1. The molecule has 2 saturated heterocycles. The summed E-state index contributed by atoms with van der Waals surface area (Å²) in [7, 11) is -3.54. The fraction of sp³-hybridized carbons (Fsp3) is 0.500. The van der Waals surface area contributed by atoms with Crippen LogP contribution in [0.15, 0.2) is 41.3 Å². The summed E-state index contributed by atoms with van der Waals surface area (Å²) in [6.45, 7) is 7.77. The van der Waals surface area contributed by atoms with Crippen molar-refractivity contribution in [3.8, 4) is 11.5 Å². The van der Waals surface area contributed by atoms with Gasteiger partial charge in [0.2, 0.25) is 15.9 Å². The van der Waals surface area contributed by atoms with Gasteiger partial charge >= 0.3 is 0 Å². The van der Waals surface area contributed by atoms with Crippen LogP contribution in [0.2, 0.25) is 0 Å². The molecule has 5 rings (SSSR count). The van der Waals surface area contributed by atoms with Crippen molar-refractivity contribution in [2.24, 2.45) is 0 Å². The molecule has 2 fully saturated rings. The first-order chi connectivity index (χ1) is 16.8. The van der Waals surface area contributed by atoms with Gasteiger partial charge in [0.1, 0.15) is 13.2 Å². The number of fused-ring (bicyclic) bond motifs is 1. The van der Waals surface area contributed by atoms with Gasteiger partial charge in [-0.2, -0.15) is 4.31 Å². The second-order valence-electron chi connectivity index (χ2n) is 9.60. The third-order valence-electron chi connectivity index (χ3n) is 7.16. The van der Waals surface area contributed by atoms with Crippen LogP contribution in [-0.4, -0.2) is 80.9 Å². The quantitative estimate of drug-likeness (QED) is 0.630. The SMILES string of the molecule is Cc1ccc(S(=O)(=O)N2CCN(CC(=O)N3CCC[C@H]3c3ccc4c(c3)OCCO4)CC2)c(C)c1. The third-order valence-corrected chi connectivity index (χ3v) is 9.22. The maximum absolute atomic E-state index is 13.3. The van der Waals surface area contributed by atoms with E-state index in [0.29, 0.717) is 50.8 Å². The minimum Gasteiger partial charge on any atom is -0.486 e. The largest absolute Gasteiger partial charge is 0.486 e. The predicted octanol–water partition coefficient (Wildman–Crippen LogP) is 2.74. The van der Waals surface area contributed by atoms with Gasteiger partial charge in [0.25, 0.3) is 0 Å². The maximum atomic E-state index is 13.3.